The highest BCUT2D eigenvalue weighted by molar-refractivity contribution is 6.14. The van der Waals surface area contributed by atoms with Crippen LogP contribution in [-0.2, 0) is 0 Å². The first-order chi connectivity index (χ1) is 28.9. The maximum Gasteiger partial charge on any atom is 0.166 e. The molecule has 0 radical (unpaired) electrons. The molecule has 5 heteroatoms. The zero-order valence-electron chi connectivity index (χ0n) is 33.6. The van der Waals surface area contributed by atoms with Gasteiger partial charge in [0.1, 0.15) is 11.2 Å². The molecule has 0 saturated heterocycles. The molecule has 0 aliphatic heterocycles. The Morgan fingerprint density at radius 2 is 1.11 bits per heavy atom. The zero-order valence-corrected chi connectivity index (χ0v) is 28.6. The van der Waals surface area contributed by atoms with E-state index in [4.69, 9.17) is 26.2 Å². The van der Waals surface area contributed by atoms with Gasteiger partial charge < -0.3 is 8.98 Å². The monoisotopic (exact) mass is 695 g/mol. The fourth-order valence-electron chi connectivity index (χ4n) is 7.73. The van der Waals surface area contributed by atoms with E-state index < -0.39 is 18.1 Å². The van der Waals surface area contributed by atoms with Crippen molar-refractivity contribution in [1.82, 2.24) is 19.5 Å². The summed E-state index contributed by atoms with van der Waals surface area (Å²) < 4.78 is 50.7. The lowest BCUT2D eigenvalue weighted by Gasteiger charge is -2.13. The van der Waals surface area contributed by atoms with E-state index in [1.165, 1.54) is 0 Å². The van der Waals surface area contributed by atoms with E-state index in [1.807, 2.05) is 72.8 Å². The van der Waals surface area contributed by atoms with Crippen molar-refractivity contribution >= 4 is 54.5 Å². The molecule has 0 fully saturated rings. The molecule has 0 aliphatic rings. The molecular weight excluding hydrogens is 661 g/mol. The smallest absolute Gasteiger partial charge is 0.166 e. The predicted octanol–water partition coefficient (Wildman–Crippen LogP) is 12.7. The highest BCUT2D eigenvalue weighted by Crippen LogP contribution is 2.40. The van der Waals surface area contributed by atoms with Gasteiger partial charge in [-0.05, 0) is 58.8 Å². The van der Waals surface area contributed by atoms with E-state index in [9.17, 15) is 0 Å². The number of hydrogen-bond donors (Lipinski definition) is 0. The Hall–Kier alpha value is -7.37. The van der Waals surface area contributed by atoms with Gasteiger partial charge in [-0.15, -0.1) is 0 Å². The molecule has 0 bridgehead atoms. The molecule has 11 rings (SSSR count). The maximum atomic E-state index is 8.67. The summed E-state index contributed by atoms with van der Waals surface area (Å²) in [6.07, 6.45) is 0. The first-order valence-electron chi connectivity index (χ1n) is 20.2. The number of hydrogen-bond acceptors (Lipinski definition) is 4. The average molecular weight is 696 g/mol. The van der Waals surface area contributed by atoms with Crippen LogP contribution in [0.3, 0.4) is 0 Å². The number of aromatic nitrogens is 4. The van der Waals surface area contributed by atoms with Crippen molar-refractivity contribution in [1.29, 1.82) is 0 Å². The van der Waals surface area contributed by atoms with Crippen LogP contribution in [0.1, 0.15) is 6.85 Å². The van der Waals surface area contributed by atoms with Gasteiger partial charge in [-0.1, -0.05) is 139 Å². The lowest BCUT2D eigenvalue weighted by atomic mass is 10.0. The molecule has 11 aromatic rings. The van der Waals surface area contributed by atoms with Gasteiger partial charge in [0.25, 0.3) is 0 Å². The Morgan fingerprint density at radius 1 is 0.463 bits per heavy atom. The summed E-state index contributed by atoms with van der Waals surface area (Å²) in [7, 11) is 0. The third-order valence-corrected chi connectivity index (χ3v) is 10.1. The third kappa shape index (κ3) is 4.76. The van der Waals surface area contributed by atoms with E-state index in [2.05, 4.69) is 77.4 Å². The average Bonchev–Trinajstić information content (AvgIpc) is 3.84. The van der Waals surface area contributed by atoms with Crippen molar-refractivity contribution in [3.8, 4) is 51.0 Å². The van der Waals surface area contributed by atoms with Gasteiger partial charge >= 0.3 is 0 Å². The quantitative estimate of drug-likeness (QED) is 0.180. The molecule has 5 nitrogen and oxygen atoms in total. The molecule has 0 aliphatic carbocycles. The molecule has 0 saturated carbocycles. The van der Waals surface area contributed by atoms with Crippen LogP contribution in [0.15, 0.2) is 186 Å². The Labute approximate surface area is 317 Å². The van der Waals surface area contributed by atoms with Gasteiger partial charge in [0.15, 0.2) is 17.5 Å². The lowest BCUT2D eigenvalue weighted by Crippen LogP contribution is -2.02. The minimum atomic E-state index is -0.442. The van der Waals surface area contributed by atoms with Gasteiger partial charge in [0.2, 0.25) is 0 Å². The Bertz CT molecular complexity index is 3490. The van der Waals surface area contributed by atoms with Crippen molar-refractivity contribution in [2.45, 2.75) is 0 Å². The van der Waals surface area contributed by atoms with Crippen LogP contribution < -0.4 is 0 Å². The number of fused-ring (bicyclic) bond motifs is 7. The molecule has 8 aromatic carbocycles. The fourth-order valence-corrected chi connectivity index (χ4v) is 7.73. The van der Waals surface area contributed by atoms with Crippen LogP contribution in [0.2, 0.25) is 0 Å². The van der Waals surface area contributed by atoms with E-state index in [1.54, 1.807) is 6.07 Å². The highest BCUT2D eigenvalue weighted by Gasteiger charge is 2.21. The number of furan rings is 1. The van der Waals surface area contributed by atoms with Crippen molar-refractivity contribution in [3.05, 3.63) is 182 Å². The molecule has 3 heterocycles. The SMILES string of the molecule is [2H]c1c([2H])c([2H])c(-c2cccc3c2oc2ccc(-c4nc(-c5cccc6ccccc56)nc(-c5cccc6c7ccccc7n(-c7ccccc7)c56)n4)cc23)c([2H])c1[2H]. The van der Waals surface area contributed by atoms with Gasteiger partial charge in [0.05, 0.1) is 17.9 Å². The van der Waals surface area contributed by atoms with E-state index in [-0.39, 0.29) is 17.6 Å². The standard InChI is InChI=1S/C49H30N4O/c1-3-14-32(15-4-1)36-22-12-24-39-42-30-33(28-29-44(42)54-46(36)39)47-50-48(40-25-11-17-31-16-7-8-20-35(31)40)52-49(51-47)41-26-13-23-38-37-21-9-10-27-43(37)53(45(38)41)34-18-5-2-6-19-34/h1-30H/i1D,3D,4D,14D,15D. The first kappa shape index (κ1) is 25.6. The molecule has 0 atom stereocenters. The Kier molecular flexibility index (Phi) is 5.73. The summed E-state index contributed by atoms with van der Waals surface area (Å²) in [6.45, 7) is 0. The molecule has 0 unspecified atom stereocenters. The Balaban J connectivity index is 1.17. The highest BCUT2D eigenvalue weighted by atomic mass is 16.3. The van der Waals surface area contributed by atoms with Crippen LogP contribution in [0.25, 0.3) is 105 Å². The largest absolute Gasteiger partial charge is 0.455 e. The van der Waals surface area contributed by atoms with E-state index in [0.29, 0.717) is 34.2 Å². The number of benzene rings is 8. The fraction of sp³-hybridized carbons (Fsp3) is 0. The molecule has 252 valence electrons. The summed E-state index contributed by atoms with van der Waals surface area (Å²) in [5.41, 5.74) is 7.04. The summed E-state index contributed by atoms with van der Waals surface area (Å²) >= 11 is 0. The van der Waals surface area contributed by atoms with Crippen molar-refractivity contribution < 1.29 is 11.3 Å². The summed E-state index contributed by atoms with van der Waals surface area (Å²) in [4.78, 5) is 15.7. The normalized spacial score (nSPS) is 13.0. The number of nitrogens with zero attached hydrogens (tertiary/aromatic N) is 4. The Morgan fingerprint density at radius 3 is 1.98 bits per heavy atom. The first-order valence-corrected chi connectivity index (χ1v) is 17.7. The van der Waals surface area contributed by atoms with Crippen LogP contribution in [-0.4, -0.2) is 19.5 Å². The number of rotatable bonds is 5. The summed E-state index contributed by atoms with van der Waals surface area (Å²) in [5, 5.41) is 5.79. The van der Waals surface area contributed by atoms with Crippen molar-refractivity contribution in [3.63, 3.8) is 0 Å². The second-order valence-electron chi connectivity index (χ2n) is 13.2. The molecule has 0 amide bonds. The van der Waals surface area contributed by atoms with Crippen LogP contribution in [0.5, 0.6) is 0 Å². The maximum absolute atomic E-state index is 8.67. The van der Waals surface area contributed by atoms with Gasteiger partial charge in [0, 0.05) is 49.5 Å². The van der Waals surface area contributed by atoms with Gasteiger partial charge in [-0.2, -0.15) is 0 Å². The molecule has 0 N–H and O–H groups in total. The van der Waals surface area contributed by atoms with Crippen LogP contribution in [0, 0.1) is 0 Å². The number of para-hydroxylation sites is 4. The zero-order chi connectivity index (χ0) is 39.9. The minimum Gasteiger partial charge on any atom is -0.455 e. The van der Waals surface area contributed by atoms with Gasteiger partial charge in [-0.3, -0.25) is 0 Å². The van der Waals surface area contributed by atoms with Crippen LogP contribution in [0.4, 0.5) is 0 Å². The van der Waals surface area contributed by atoms with Gasteiger partial charge in [-0.25, -0.2) is 15.0 Å². The van der Waals surface area contributed by atoms with E-state index in [0.717, 1.165) is 65.7 Å². The second-order valence-corrected chi connectivity index (χ2v) is 13.2. The molecule has 54 heavy (non-hydrogen) atoms. The lowest BCUT2D eigenvalue weighted by molar-refractivity contribution is 0.670. The second kappa shape index (κ2) is 12.1. The topological polar surface area (TPSA) is 56.7 Å². The summed E-state index contributed by atoms with van der Waals surface area (Å²) in [6, 6.07) is 48.7. The predicted molar refractivity (Wildman–Crippen MR) is 221 cm³/mol. The van der Waals surface area contributed by atoms with E-state index >= 15 is 0 Å². The van der Waals surface area contributed by atoms with Crippen LogP contribution >= 0.6 is 0 Å². The summed E-state index contributed by atoms with van der Waals surface area (Å²) in [5.74, 6) is 1.52. The molecular formula is C49H30N4O. The molecule has 0 spiro atoms. The minimum absolute atomic E-state index is 0.0878. The van der Waals surface area contributed by atoms with Crippen molar-refractivity contribution in [2.75, 3.05) is 0 Å². The third-order valence-electron chi connectivity index (χ3n) is 10.1. The van der Waals surface area contributed by atoms with Crippen molar-refractivity contribution in [2.24, 2.45) is 0 Å². The molecule has 3 aromatic heterocycles.